The predicted molar refractivity (Wildman–Crippen MR) is 247 cm³/mol. The summed E-state index contributed by atoms with van der Waals surface area (Å²) in [4.78, 5) is 106. The Morgan fingerprint density at radius 1 is 0.569 bits per heavy atom. The van der Waals surface area contributed by atoms with E-state index in [0.29, 0.717) is 6.42 Å². The molecule has 0 aromatic heterocycles. The van der Waals surface area contributed by atoms with Gasteiger partial charge < -0.3 is 77.1 Å². The van der Waals surface area contributed by atoms with Crippen molar-refractivity contribution in [2.24, 2.45) is 66.9 Å². The average Bonchev–Trinajstić information content (AvgIpc) is 3.24. The largest absolute Gasteiger partial charge is 0.480 e. The van der Waals surface area contributed by atoms with E-state index in [9.17, 15) is 38.7 Å². The quantitative estimate of drug-likeness (QED) is 0.0195. The zero-order chi connectivity index (χ0) is 49.1. The van der Waals surface area contributed by atoms with Crippen LogP contribution >= 0.6 is 0 Å². The maximum absolute atomic E-state index is 14.2. The molecule has 1 aromatic carbocycles. The van der Waals surface area contributed by atoms with Crippen LogP contribution in [-0.4, -0.2) is 127 Å². The van der Waals surface area contributed by atoms with E-state index in [1.54, 1.807) is 44.2 Å². The van der Waals surface area contributed by atoms with Gasteiger partial charge in [0, 0.05) is 26.1 Å². The van der Waals surface area contributed by atoms with Crippen LogP contribution in [0.3, 0.4) is 0 Å². The number of carboxylic acid groups (broad SMARTS) is 1. The lowest BCUT2D eigenvalue weighted by molar-refractivity contribution is -0.143. The van der Waals surface area contributed by atoms with Crippen LogP contribution in [0.25, 0.3) is 0 Å². The first-order chi connectivity index (χ1) is 30.7. The van der Waals surface area contributed by atoms with Crippen molar-refractivity contribution in [1.82, 2.24) is 31.9 Å². The Labute approximate surface area is 379 Å². The Balaban J connectivity index is 3.51. The Morgan fingerprint density at radius 3 is 1.42 bits per heavy atom. The van der Waals surface area contributed by atoms with Crippen molar-refractivity contribution in [3.05, 3.63) is 35.9 Å². The highest BCUT2D eigenvalue weighted by Crippen LogP contribution is 2.13. The standard InChI is InChI=1S/C41H72N16O8/c1-5-24(4)32(37(63)55-28(38(64)65)16-11-19-51-41(47)48)57-34(60)27(15-10-18-50-40(45)46)53-33(59)26(14-9-17-49-39(43)44)54-35(61)29(20-23(2)3)56-36(62)30(52-31(58)22-42)21-25-12-7-6-8-13-25/h6-8,12-13,23-24,26-30,32H,5,9-11,14-22,42H2,1-4H3,(H,52,58)(H,53,59)(H,54,61)(H,55,63)(H,56,62)(H,57,60)(H,64,65)(H4,43,44,49)(H4,45,46,50)(H4,47,48,51). The van der Waals surface area contributed by atoms with Crippen LogP contribution in [0.4, 0.5) is 0 Å². The summed E-state index contributed by atoms with van der Waals surface area (Å²) in [7, 11) is 0. The van der Waals surface area contributed by atoms with Crippen LogP contribution in [0, 0.1) is 11.8 Å². The van der Waals surface area contributed by atoms with E-state index in [2.05, 4.69) is 46.9 Å². The molecule has 7 unspecified atom stereocenters. The molecule has 21 N–H and O–H groups in total. The van der Waals surface area contributed by atoms with Crippen LogP contribution in [0.1, 0.15) is 84.6 Å². The number of benzene rings is 1. The number of carbonyl (C=O) groups is 7. The third-order valence-corrected chi connectivity index (χ3v) is 9.97. The lowest BCUT2D eigenvalue weighted by atomic mass is 9.96. The van der Waals surface area contributed by atoms with E-state index in [0.717, 1.165) is 5.56 Å². The lowest BCUT2D eigenvalue weighted by Crippen LogP contribution is -2.60. The van der Waals surface area contributed by atoms with Gasteiger partial charge in [-0.1, -0.05) is 64.4 Å². The van der Waals surface area contributed by atoms with Crippen LogP contribution < -0.4 is 72.0 Å². The molecule has 0 heterocycles. The van der Waals surface area contributed by atoms with Gasteiger partial charge in [-0.2, -0.15) is 0 Å². The molecule has 0 saturated heterocycles. The van der Waals surface area contributed by atoms with Gasteiger partial charge in [0.05, 0.1) is 6.54 Å². The van der Waals surface area contributed by atoms with Crippen LogP contribution in [0.5, 0.6) is 0 Å². The molecule has 0 radical (unpaired) electrons. The van der Waals surface area contributed by atoms with E-state index in [1.165, 1.54) is 0 Å². The minimum Gasteiger partial charge on any atom is -0.480 e. The Morgan fingerprint density at radius 2 is 0.985 bits per heavy atom. The molecule has 364 valence electrons. The summed E-state index contributed by atoms with van der Waals surface area (Å²) in [5.41, 5.74) is 39.0. The number of aliphatic imine (C=N–C) groups is 3. The van der Waals surface area contributed by atoms with Gasteiger partial charge >= 0.3 is 5.97 Å². The fourth-order valence-corrected chi connectivity index (χ4v) is 6.36. The molecule has 65 heavy (non-hydrogen) atoms. The van der Waals surface area contributed by atoms with Crippen LogP contribution in [-0.2, 0) is 40.0 Å². The lowest BCUT2D eigenvalue weighted by Gasteiger charge is -2.29. The zero-order valence-electron chi connectivity index (χ0n) is 37.9. The van der Waals surface area contributed by atoms with E-state index < -0.39 is 83.6 Å². The van der Waals surface area contributed by atoms with Crippen molar-refractivity contribution < 1.29 is 38.7 Å². The molecule has 0 aliphatic carbocycles. The van der Waals surface area contributed by atoms with Crippen molar-refractivity contribution >= 4 is 59.3 Å². The highest BCUT2D eigenvalue weighted by atomic mass is 16.4. The highest BCUT2D eigenvalue weighted by molar-refractivity contribution is 5.97. The number of guanidine groups is 3. The van der Waals surface area contributed by atoms with Gasteiger partial charge in [0.2, 0.25) is 35.4 Å². The average molecular weight is 917 g/mol. The normalized spacial score (nSPS) is 14.1. The van der Waals surface area contributed by atoms with Gasteiger partial charge in [0.15, 0.2) is 17.9 Å². The molecule has 0 saturated carbocycles. The molecule has 1 rings (SSSR count). The number of nitrogens with zero attached hydrogens (tertiary/aromatic N) is 3. The maximum atomic E-state index is 14.2. The second kappa shape index (κ2) is 30.4. The Hall–Kier alpha value is -6.72. The number of amides is 6. The first kappa shape index (κ1) is 56.3. The maximum Gasteiger partial charge on any atom is 0.326 e. The minimum atomic E-state index is -1.33. The fraction of sp³-hybridized carbons (Fsp3) is 0.610. The molecule has 0 aliphatic heterocycles. The fourth-order valence-electron chi connectivity index (χ4n) is 6.36. The smallest absolute Gasteiger partial charge is 0.326 e. The number of hydrogen-bond donors (Lipinski definition) is 14. The summed E-state index contributed by atoms with van der Waals surface area (Å²) in [5.74, 6) is -6.84. The van der Waals surface area contributed by atoms with Crippen LogP contribution in [0.15, 0.2) is 45.3 Å². The molecular weight excluding hydrogens is 845 g/mol. The SMILES string of the molecule is CCC(C)C(NC(=O)C(CCCN=C(N)N)NC(=O)C(CCCN=C(N)N)NC(=O)C(CC(C)C)NC(=O)C(Cc1ccccc1)NC(=O)CN)C(=O)NC(CCCN=C(N)N)C(=O)O. The van der Waals surface area contributed by atoms with Crippen LogP contribution in [0.2, 0.25) is 0 Å². The molecule has 24 heteroatoms. The van der Waals surface area contributed by atoms with Crippen molar-refractivity contribution in [3.63, 3.8) is 0 Å². The van der Waals surface area contributed by atoms with E-state index in [1.807, 2.05) is 13.8 Å². The monoisotopic (exact) mass is 917 g/mol. The summed E-state index contributed by atoms with van der Waals surface area (Å²) in [5, 5.41) is 25.8. The van der Waals surface area contributed by atoms with Gasteiger partial charge in [0.25, 0.3) is 0 Å². The Bertz CT molecular complexity index is 1780. The summed E-state index contributed by atoms with van der Waals surface area (Å²) in [6, 6.07) is 1.44. The molecule has 0 spiro atoms. The zero-order valence-corrected chi connectivity index (χ0v) is 37.9. The van der Waals surface area contributed by atoms with Gasteiger partial charge in [-0.3, -0.25) is 43.7 Å². The van der Waals surface area contributed by atoms with Gasteiger partial charge in [-0.25, -0.2) is 4.79 Å². The molecule has 6 amide bonds. The Kier molecular flexibility index (Phi) is 26.3. The minimum absolute atomic E-state index is 0.0143. The molecule has 24 nitrogen and oxygen atoms in total. The topological polar surface area (TPSA) is 431 Å². The highest BCUT2D eigenvalue weighted by Gasteiger charge is 2.35. The van der Waals surface area contributed by atoms with Gasteiger partial charge in [-0.15, -0.1) is 0 Å². The number of carboxylic acids is 1. The second-order valence-electron chi connectivity index (χ2n) is 15.9. The van der Waals surface area contributed by atoms with Crippen molar-refractivity contribution in [1.29, 1.82) is 0 Å². The summed E-state index contributed by atoms with van der Waals surface area (Å²) >= 11 is 0. The summed E-state index contributed by atoms with van der Waals surface area (Å²) in [6.45, 7) is 7.03. The predicted octanol–water partition coefficient (Wildman–Crippen LogP) is -3.57. The van der Waals surface area contributed by atoms with Gasteiger partial charge in [-0.05, 0) is 62.3 Å². The molecular formula is C41H72N16O8. The first-order valence-corrected chi connectivity index (χ1v) is 21.6. The number of hydrogen-bond acceptors (Lipinski definition) is 11. The van der Waals surface area contributed by atoms with E-state index in [-0.39, 0.29) is 101 Å². The summed E-state index contributed by atoms with van der Waals surface area (Å²) < 4.78 is 0. The molecule has 0 bridgehead atoms. The van der Waals surface area contributed by atoms with E-state index >= 15 is 0 Å². The molecule has 1 aromatic rings. The second-order valence-corrected chi connectivity index (χ2v) is 15.9. The number of rotatable bonds is 31. The van der Waals surface area contributed by atoms with Gasteiger partial charge in [0.1, 0.15) is 36.3 Å². The van der Waals surface area contributed by atoms with Crippen molar-refractivity contribution in [2.45, 2.75) is 122 Å². The van der Waals surface area contributed by atoms with E-state index in [4.69, 9.17) is 40.1 Å². The van der Waals surface area contributed by atoms with Crippen molar-refractivity contribution in [3.8, 4) is 0 Å². The number of carbonyl (C=O) groups excluding carboxylic acids is 6. The number of nitrogens with one attached hydrogen (secondary N) is 6. The molecule has 7 atom stereocenters. The summed E-state index contributed by atoms with van der Waals surface area (Å²) in [6.07, 6.45) is 1.15. The molecule has 0 aliphatic rings. The first-order valence-electron chi connectivity index (χ1n) is 21.6. The third kappa shape index (κ3) is 23.5. The van der Waals surface area contributed by atoms with Crippen molar-refractivity contribution in [2.75, 3.05) is 26.2 Å². The number of aliphatic carboxylic acids is 1. The third-order valence-electron chi connectivity index (χ3n) is 9.97. The molecule has 0 fully saturated rings. The number of nitrogens with two attached hydrogens (primary N) is 7.